The number of carbonyl (C=O) groups excluding carboxylic acids is 1. The summed E-state index contributed by atoms with van der Waals surface area (Å²) in [5, 5.41) is 0. The van der Waals surface area contributed by atoms with Gasteiger partial charge in [0.15, 0.2) is 5.78 Å². The van der Waals surface area contributed by atoms with Crippen LogP contribution >= 0.6 is 22.6 Å². The highest BCUT2D eigenvalue weighted by Crippen LogP contribution is 2.30. The summed E-state index contributed by atoms with van der Waals surface area (Å²) < 4.78 is 6.20. The molecule has 1 aromatic carbocycles. The highest BCUT2D eigenvalue weighted by atomic mass is 127. The molecule has 0 heterocycles. The maximum absolute atomic E-state index is 11.3. The van der Waals surface area contributed by atoms with Crippen molar-refractivity contribution >= 4 is 34.1 Å². The Morgan fingerprint density at radius 1 is 1.57 bits per heavy atom. The van der Waals surface area contributed by atoms with Gasteiger partial charge in [-0.1, -0.05) is 0 Å². The number of benzene rings is 1. The molecule has 0 amide bonds. The molecule has 3 nitrogen and oxygen atoms in total. The Bertz CT molecular complexity index is 363. The van der Waals surface area contributed by atoms with Crippen LogP contribution < -0.4 is 10.5 Å². The van der Waals surface area contributed by atoms with E-state index in [9.17, 15) is 4.79 Å². The Morgan fingerprint density at radius 3 is 2.71 bits per heavy atom. The fraction of sp³-hybridized carbons (Fsp3) is 0.300. The van der Waals surface area contributed by atoms with Crippen LogP contribution in [0, 0.1) is 3.57 Å². The summed E-state index contributed by atoms with van der Waals surface area (Å²) in [5.41, 5.74) is 6.95. The van der Waals surface area contributed by atoms with Gasteiger partial charge in [0, 0.05) is 5.69 Å². The molecular formula is C10H12INO2. The number of ether oxygens (including phenoxy) is 1. The van der Waals surface area contributed by atoms with Crippen LogP contribution in [0.25, 0.3) is 0 Å². The van der Waals surface area contributed by atoms with Crippen molar-refractivity contribution in [2.24, 2.45) is 0 Å². The normalized spacial score (nSPS) is 9.93. The van der Waals surface area contributed by atoms with Crippen molar-refractivity contribution in [1.82, 2.24) is 0 Å². The molecular weight excluding hydrogens is 293 g/mol. The van der Waals surface area contributed by atoms with Gasteiger partial charge in [-0.15, -0.1) is 0 Å². The Balaban J connectivity index is 3.29. The summed E-state index contributed by atoms with van der Waals surface area (Å²) in [6, 6.07) is 3.42. The Labute approximate surface area is 96.8 Å². The molecule has 4 heteroatoms. The summed E-state index contributed by atoms with van der Waals surface area (Å²) in [4.78, 5) is 11.3. The molecule has 76 valence electrons. The van der Waals surface area contributed by atoms with Gasteiger partial charge in [-0.25, -0.2) is 0 Å². The molecule has 0 saturated heterocycles. The molecule has 1 rings (SSSR count). The van der Waals surface area contributed by atoms with Gasteiger partial charge in [0.25, 0.3) is 0 Å². The number of hydrogen-bond acceptors (Lipinski definition) is 3. The quantitative estimate of drug-likeness (QED) is 0.530. The second-order valence-corrected chi connectivity index (χ2v) is 3.91. The number of ketones is 1. The maximum Gasteiger partial charge on any atom is 0.163 e. The highest BCUT2D eigenvalue weighted by Gasteiger charge is 2.13. The number of anilines is 1. The largest absolute Gasteiger partial charge is 0.492 e. The minimum atomic E-state index is -0.00799. The Hall–Kier alpha value is -0.780. The molecule has 2 N–H and O–H groups in total. The zero-order valence-electron chi connectivity index (χ0n) is 8.13. The van der Waals surface area contributed by atoms with Crippen LogP contribution in [0.4, 0.5) is 5.69 Å². The predicted molar refractivity (Wildman–Crippen MR) is 64.7 cm³/mol. The van der Waals surface area contributed by atoms with Crippen molar-refractivity contribution in [3.63, 3.8) is 0 Å². The first kappa shape index (κ1) is 11.3. The number of hydrogen-bond donors (Lipinski definition) is 1. The minimum Gasteiger partial charge on any atom is -0.492 e. The zero-order chi connectivity index (χ0) is 10.7. The zero-order valence-corrected chi connectivity index (χ0v) is 10.3. The number of carbonyl (C=O) groups is 1. The van der Waals surface area contributed by atoms with Gasteiger partial charge in [0.2, 0.25) is 0 Å². The van der Waals surface area contributed by atoms with Crippen LogP contribution in [0.15, 0.2) is 12.1 Å². The molecule has 0 saturated carbocycles. The number of nitrogen functional groups attached to an aromatic ring is 1. The lowest BCUT2D eigenvalue weighted by Gasteiger charge is -2.11. The molecule has 14 heavy (non-hydrogen) atoms. The summed E-state index contributed by atoms with van der Waals surface area (Å²) in [6.45, 7) is 3.92. The first-order valence-corrected chi connectivity index (χ1v) is 5.37. The fourth-order valence-corrected chi connectivity index (χ4v) is 1.76. The second kappa shape index (κ2) is 4.63. The van der Waals surface area contributed by atoms with Crippen LogP contribution in [-0.2, 0) is 0 Å². The van der Waals surface area contributed by atoms with Gasteiger partial charge in [0.1, 0.15) is 5.75 Å². The molecule has 0 aromatic heterocycles. The van der Waals surface area contributed by atoms with E-state index in [1.54, 1.807) is 12.1 Å². The highest BCUT2D eigenvalue weighted by molar-refractivity contribution is 14.1. The maximum atomic E-state index is 11.3. The molecule has 0 aliphatic carbocycles. The average Bonchev–Trinajstić information content (AvgIpc) is 2.13. The molecule has 0 radical (unpaired) electrons. The van der Waals surface area contributed by atoms with E-state index in [0.29, 0.717) is 23.6 Å². The van der Waals surface area contributed by atoms with E-state index in [1.807, 2.05) is 6.92 Å². The van der Waals surface area contributed by atoms with Crippen molar-refractivity contribution < 1.29 is 9.53 Å². The molecule has 0 bridgehead atoms. The van der Waals surface area contributed by atoms with E-state index in [-0.39, 0.29) is 5.78 Å². The summed E-state index contributed by atoms with van der Waals surface area (Å²) >= 11 is 2.09. The van der Waals surface area contributed by atoms with Crippen LogP contribution in [0.3, 0.4) is 0 Å². The first-order valence-electron chi connectivity index (χ1n) is 4.29. The predicted octanol–water partition coefficient (Wildman–Crippen LogP) is 2.47. The third-order valence-corrected chi connectivity index (χ3v) is 2.91. The van der Waals surface area contributed by atoms with Gasteiger partial charge in [-0.3, -0.25) is 4.79 Å². The van der Waals surface area contributed by atoms with E-state index in [4.69, 9.17) is 10.5 Å². The SMILES string of the molecule is CCOc1c(C(C)=O)ccc(N)c1I. The van der Waals surface area contributed by atoms with Crippen LogP contribution in [0.2, 0.25) is 0 Å². The molecule has 1 aromatic rings. The van der Waals surface area contributed by atoms with Crippen LogP contribution in [0.1, 0.15) is 24.2 Å². The summed E-state index contributed by atoms with van der Waals surface area (Å²) in [6.07, 6.45) is 0. The first-order chi connectivity index (χ1) is 6.57. The lowest BCUT2D eigenvalue weighted by atomic mass is 10.1. The second-order valence-electron chi connectivity index (χ2n) is 2.83. The van der Waals surface area contributed by atoms with E-state index in [2.05, 4.69) is 22.6 Å². The third kappa shape index (κ3) is 2.17. The monoisotopic (exact) mass is 305 g/mol. The molecule has 0 fully saturated rings. The average molecular weight is 305 g/mol. The standard InChI is InChI=1S/C10H12INO2/c1-3-14-10-7(6(2)13)4-5-8(12)9(10)11/h4-5H,3,12H2,1-2H3. The summed E-state index contributed by atoms with van der Waals surface area (Å²) in [5.74, 6) is 0.590. The topological polar surface area (TPSA) is 52.3 Å². The smallest absolute Gasteiger partial charge is 0.163 e. The number of Topliss-reactive ketones (excluding diaryl/α,β-unsaturated/α-hetero) is 1. The van der Waals surface area contributed by atoms with Crippen molar-refractivity contribution in [2.45, 2.75) is 13.8 Å². The lowest BCUT2D eigenvalue weighted by Crippen LogP contribution is -2.04. The molecule has 0 spiro atoms. The van der Waals surface area contributed by atoms with Gasteiger partial charge < -0.3 is 10.5 Å². The van der Waals surface area contributed by atoms with Crippen LogP contribution in [0.5, 0.6) is 5.75 Å². The summed E-state index contributed by atoms with van der Waals surface area (Å²) in [7, 11) is 0. The minimum absolute atomic E-state index is 0.00799. The molecule has 0 unspecified atom stereocenters. The van der Waals surface area contributed by atoms with E-state index in [1.165, 1.54) is 6.92 Å². The van der Waals surface area contributed by atoms with Crippen molar-refractivity contribution in [3.05, 3.63) is 21.3 Å². The number of rotatable bonds is 3. The fourth-order valence-electron chi connectivity index (χ4n) is 1.13. The van der Waals surface area contributed by atoms with E-state index in [0.717, 1.165) is 3.57 Å². The van der Waals surface area contributed by atoms with Crippen molar-refractivity contribution in [2.75, 3.05) is 12.3 Å². The Morgan fingerprint density at radius 2 is 2.21 bits per heavy atom. The third-order valence-electron chi connectivity index (χ3n) is 1.79. The van der Waals surface area contributed by atoms with Crippen molar-refractivity contribution in [3.8, 4) is 5.75 Å². The van der Waals surface area contributed by atoms with Crippen LogP contribution in [-0.4, -0.2) is 12.4 Å². The molecule has 0 aliphatic rings. The van der Waals surface area contributed by atoms with Gasteiger partial charge in [-0.05, 0) is 48.6 Å². The Kier molecular flexibility index (Phi) is 3.74. The van der Waals surface area contributed by atoms with E-state index >= 15 is 0 Å². The van der Waals surface area contributed by atoms with Crippen molar-refractivity contribution in [1.29, 1.82) is 0 Å². The van der Waals surface area contributed by atoms with Gasteiger partial charge in [-0.2, -0.15) is 0 Å². The number of halogens is 1. The molecule has 0 aliphatic heterocycles. The molecule has 0 atom stereocenters. The lowest BCUT2D eigenvalue weighted by molar-refractivity contribution is 0.101. The number of nitrogens with two attached hydrogens (primary N) is 1. The van der Waals surface area contributed by atoms with E-state index < -0.39 is 0 Å². The van der Waals surface area contributed by atoms with Gasteiger partial charge in [0.05, 0.1) is 15.7 Å². The van der Waals surface area contributed by atoms with Gasteiger partial charge >= 0.3 is 0 Å².